The Hall–Kier alpha value is -3.67. The standard InChI is InChI=1S/C22H19N3O4S/c1-3-13-24-30(27,28)20-6-4-5-17(14-20)22(26)25-18-9-12-21(23-15-18)29-19-10-7-16(2)8-11-19/h1,4-12,14-15,24H,13H2,2H3,(H,25,26). The van der Waals surface area contributed by atoms with Crippen molar-refractivity contribution in [1.82, 2.24) is 9.71 Å². The first-order chi connectivity index (χ1) is 14.4. The normalized spacial score (nSPS) is 10.8. The van der Waals surface area contributed by atoms with Crippen LogP contribution in [0.25, 0.3) is 0 Å². The number of hydrogen-bond donors (Lipinski definition) is 2. The zero-order valence-corrected chi connectivity index (χ0v) is 16.9. The van der Waals surface area contributed by atoms with Gasteiger partial charge in [-0.25, -0.2) is 13.4 Å². The number of sulfonamides is 1. The van der Waals surface area contributed by atoms with Gasteiger partial charge in [-0.2, -0.15) is 4.72 Å². The number of nitrogens with one attached hydrogen (secondary N) is 2. The number of nitrogens with zero attached hydrogens (tertiary/aromatic N) is 1. The molecule has 0 radical (unpaired) electrons. The second kappa shape index (κ2) is 9.22. The quantitative estimate of drug-likeness (QED) is 0.570. The number of rotatable bonds is 7. The molecular weight excluding hydrogens is 402 g/mol. The molecule has 3 aromatic rings. The molecule has 1 heterocycles. The summed E-state index contributed by atoms with van der Waals surface area (Å²) in [6.45, 7) is 1.85. The largest absolute Gasteiger partial charge is 0.439 e. The van der Waals surface area contributed by atoms with Crippen LogP contribution in [0, 0.1) is 19.3 Å². The van der Waals surface area contributed by atoms with Gasteiger partial charge in [-0.05, 0) is 43.3 Å². The first-order valence-electron chi connectivity index (χ1n) is 8.92. The van der Waals surface area contributed by atoms with Crippen LogP contribution in [-0.2, 0) is 10.0 Å². The Morgan fingerprint density at radius 2 is 1.90 bits per heavy atom. The third-order valence-electron chi connectivity index (χ3n) is 4.01. The number of pyridine rings is 1. The first kappa shape index (κ1) is 21.0. The van der Waals surface area contributed by atoms with Gasteiger partial charge in [0.1, 0.15) is 5.75 Å². The number of aromatic nitrogens is 1. The van der Waals surface area contributed by atoms with Crippen molar-refractivity contribution in [1.29, 1.82) is 0 Å². The molecule has 0 atom stereocenters. The molecule has 30 heavy (non-hydrogen) atoms. The molecule has 1 aromatic heterocycles. The molecule has 152 valence electrons. The topological polar surface area (TPSA) is 97.4 Å². The summed E-state index contributed by atoms with van der Waals surface area (Å²) in [7, 11) is -3.79. The van der Waals surface area contributed by atoms with E-state index in [2.05, 4.69) is 20.9 Å². The van der Waals surface area contributed by atoms with Gasteiger partial charge in [0.15, 0.2) is 0 Å². The van der Waals surface area contributed by atoms with Crippen molar-refractivity contribution in [2.45, 2.75) is 11.8 Å². The van der Waals surface area contributed by atoms with Gasteiger partial charge in [-0.1, -0.05) is 29.7 Å². The summed E-state index contributed by atoms with van der Waals surface area (Å²) >= 11 is 0. The fourth-order valence-electron chi connectivity index (χ4n) is 2.47. The number of carbonyl (C=O) groups excluding carboxylic acids is 1. The van der Waals surface area contributed by atoms with E-state index in [1.54, 1.807) is 12.1 Å². The minimum absolute atomic E-state index is 0.0506. The monoisotopic (exact) mass is 421 g/mol. The highest BCUT2D eigenvalue weighted by Gasteiger charge is 2.15. The summed E-state index contributed by atoms with van der Waals surface area (Å²) in [6.07, 6.45) is 6.54. The number of terminal acetylenes is 1. The molecule has 1 amide bonds. The van der Waals surface area contributed by atoms with E-state index in [0.717, 1.165) is 5.56 Å². The average Bonchev–Trinajstić information content (AvgIpc) is 2.75. The van der Waals surface area contributed by atoms with Crippen LogP contribution in [0.3, 0.4) is 0 Å². The SMILES string of the molecule is C#CCNS(=O)(=O)c1cccc(C(=O)Nc2ccc(Oc3ccc(C)cc3)nc2)c1. The molecule has 8 heteroatoms. The predicted molar refractivity (Wildman–Crippen MR) is 114 cm³/mol. The van der Waals surface area contributed by atoms with Crippen molar-refractivity contribution < 1.29 is 17.9 Å². The zero-order chi connectivity index (χ0) is 21.6. The molecule has 0 saturated heterocycles. The van der Waals surface area contributed by atoms with Crippen LogP contribution >= 0.6 is 0 Å². The molecule has 2 aromatic carbocycles. The van der Waals surface area contributed by atoms with Crippen LogP contribution in [0.15, 0.2) is 71.8 Å². The Morgan fingerprint density at radius 1 is 1.13 bits per heavy atom. The van der Waals surface area contributed by atoms with Gasteiger partial charge in [0, 0.05) is 11.6 Å². The van der Waals surface area contributed by atoms with Crippen LogP contribution in [0.2, 0.25) is 0 Å². The Kier molecular flexibility index (Phi) is 6.47. The Labute approximate surface area is 175 Å². The van der Waals surface area contributed by atoms with Crippen LogP contribution in [0.1, 0.15) is 15.9 Å². The summed E-state index contributed by atoms with van der Waals surface area (Å²) in [6, 6.07) is 16.5. The number of aryl methyl sites for hydroxylation is 1. The molecule has 0 aliphatic rings. The lowest BCUT2D eigenvalue weighted by molar-refractivity contribution is 0.102. The number of benzene rings is 2. The molecule has 7 nitrogen and oxygen atoms in total. The van der Waals surface area contributed by atoms with E-state index >= 15 is 0 Å². The van der Waals surface area contributed by atoms with Gasteiger partial charge >= 0.3 is 0 Å². The Bertz CT molecular complexity index is 1180. The number of carbonyl (C=O) groups is 1. The second-order valence-corrected chi connectivity index (χ2v) is 8.08. The molecule has 0 spiro atoms. The van der Waals surface area contributed by atoms with E-state index < -0.39 is 15.9 Å². The summed E-state index contributed by atoms with van der Waals surface area (Å²) in [5.74, 6) is 2.76. The first-order valence-corrected chi connectivity index (χ1v) is 10.4. The molecular formula is C22H19N3O4S. The minimum atomic E-state index is -3.79. The predicted octanol–water partition coefficient (Wildman–Crippen LogP) is 3.35. The van der Waals surface area contributed by atoms with Crippen molar-refractivity contribution in [2.24, 2.45) is 0 Å². The summed E-state index contributed by atoms with van der Waals surface area (Å²) in [5.41, 5.74) is 1.74. The van der Waals surface area contributed by atoms with Crippen molar-refractivity contribution in [3.8, 4) is 24.0 Å². The van der Waals surface area contributed by atoms with E-state index in [1.165, 1.54) is 30.5 Å². The van der Waals surface area contributed by atoms with Gasteiger partial charge in [0.2, 0.25) is 15.9 Å². The maximum atomic E-state index is 12.5. The molecule has 0 bridgehead atoms. The zero-order valence-electron chi connectivity index (χ0n) is 16.1. The molecule has 0 saturated carbocycles. The highest BCUT2D eigenvalue weighted by atomic mass is 32.2. The van der Waals surface area contributed by atoms with E-state index in [-0.39, 0.29) is 17.0 Å². The van der Waals surface area contributed by atoms with Crippen molar-refractivity contribution in [3.63, 3.8) is 0 Å². The second-order valence-electron chi connectivity index (χ2n) is 6.31. The highest BCUT2D eigenvalue weighted by molar-refractivity contribution is 7.89. The van der Waals surface area contributed by atoms with Gasteiger partial charge in [0.25, 0.3) is 5.91 Å². The van der Waals surface area contributed by atoms with Crippen molar-refractivity contribution in [2.75, 3.05) is 11.9 Å². The summed E-state index contributed by atoms with van der Waals surface area (Å²) < 4.78 is 32.2. The minimum Gasteiger partial charge on any atom is -0.439 e. The number of hydrogen-bond acceptors (Lipinski definition) is 5. The Morgan fingerprint density at radius 3 is 2.57 bits per heavy atom. The van der Waals surface area contributed by atoms with Crippen LogP contribution < -0.4 is 14.8 Å². The number of ether oxygens (including phenoxy) is 1. The van der Waals surface area contributed by atoms with Gasteiger partial charge < -0.3 is 10.1 Å². The molecule has 0 aliphatic heterocycles. The van der Waals surface area contributed by atoms with Crippen LogP contribution in [0.5, 0.6) is 11.6 Å². The number of anilines is 1. The molecule has 0 aliphatic carbocycles. The molecule has 0 fully saturated rings. The van der Waals surface area contributed by atoms with Gasteiger partial charge in [-0.3, -0.25) is 4.79 Å². The average molecular weight is 421 g/mol. The molecule has 0 unspecified atom stereocenters. The van der Waals surface area contributed by atoms with E-state index in [4.69, 9.17) is 11.2 Å². The highest BCUT2D eigenvalue weighted by Crippen LogP contribution is 2.21. The van der Waals surface area contributed by atoms with Crippen molar-refractivity contribution in [3.05, 3.63) is 78.0 Å². The van der Waals surface area contributed by atoms with E-state index in [1.807, 2.05) is 31.2 Å². The fourth-order valence-corrected chi connectivity index (χ4v) is 3.45. The summed E-state index contributed by atoms with van der Waals surface area (Å²) in [4.78, 5) is 16.6. The lowest BCUT2D eigenvalue weighted by atomic mass is 10.2. The lowest BCUT2D eigenvalue weighted by Crippen LogP contribution is -2.24. The maximum absolute atomic E-state index is 12.5. The maximum Gasteiger partial charge on any atom is 0.255 e. The van der Waals surface area contributed by atoms with E-state index in [9.17, 15) is 13.2 Å². The number of amides is 1. The third kappa shape index (κ3) is 5.44. The third-order valence-corrected chi connectivity index (χ3v) is 5.41. The Balaban J connectivity index is 1.68. The summed E-state index contributed by atoms with van der Waals surface area (Å²) in [5, 5.41) is 2.67. The van der Waals surface area contributed by atoms with Gasteiger partial charge in [0.05, 0.1) is 23.3 Å². The fraction of sp³-hybridized carbons (Fsp3) is 0.0909. The van der Waals surface area contributed by atoms with Gasteiger partial charge in [-0.15, -0.1) is 6.42 Å². The molecule has 2 N–H and O–H groups in total. The van der Waals surface area contributed by atoms with Crippen LogP contribution in [0.4, 0.5) is 5.69 Å². The molecule has 3 rings (SSSR count). The lowest BCUT2D eigenvalue weighted by Gasteiger charge is -2.09. The van der Waals surface area contributed by atoms with Crippen LogP contribution in [-0.4, -0.2) is 25.9 Å². The smallest absolute Gasteiger partial charge is 0.255 e. The van der Waals surface area contributed by atoms with Crippen molar-refractivity contribution >= 4 is 21.6 Å². The van der Waals surface area contributed by atoms with E-state index in [0.29, 0.717) is 17.3 Å².